The Balaban J connectivity index is 1.76. The van der Waals surface area contributed by atoms with Crippen LogP contribution in [0.1, 0.15) is 19.3 Å². The highest BCUT2D eigenvalue weighted by Gasteiger charge is 2.28. The van der Waals surface area contributed by atoms with Gasteiger partial charge in [0.25, 0.3) is 0 Å². The first kappa shape index (κ1) is 14.7. The van der Waals surface area contributed by atoms with Gasteiger partial charge in [0, 0.05) is 24.9 Å². The van der Waals surface area contributed by atoms with Gasteiger partial charge in [-0.25, -0.2) is 0 Å². The summed E-state index contributed by atoms with van der Waals surface area (Å²) in [5.74, 6) is 1.45. The van der Waals surface area contributed by atoms with E-state index in [0.29, 0.717) is 38.5 Å². The second-order valence-corrected chi connectivity index (χ2v) is 6.58. The molecule has 2 saturated heterocycles. The summed E-state index contributed by atoms with van der Waals surface area (Å²) in [4.78, 5) is 27.0. The molecule has 0 aromatic rings. The molecule has 1 unspecified atom stereocenters. The smallest absolute Gasteiger partial charge is 0.306 e. The molecule has 2 heterocycles. The van der Waals surface area contributed by atoms with Crippen molar-refractivity contribution in [3.05, 3.63) is 0 Å². The number of nitrogens with zero attached hydrogens (tertiary/aromatic N) is 2. The molecule has 2 aliphatic heterocycles. The van der Waals surface area contributed by atoms with Gasteiger partial charge in [-0.15, -0.1) is 0 Å². The van der Waals surface area contributed by atoms with Crippen LogP contribution in [0.4, 0.5) is 0 Å². The van der Waals surface area contributed by atoms with E-state index in [1.165, 1.54) is 5.75 Å². The van der Waals surface area contributed by atoms with Gasteiger partial charge in [-0.3, -0.25) is 14.5 Å². The molecule has 2 aliphatic rings. The van der Waals surface area contributed by atoms with Crippen molar-refractivity contribution < 1.29 is 14.7 Å². The lowest BCUT2D eigenvalue weighted by Gasteiger charge is -2.32. The minimum Gasteiger partial charge on any atom is -0.481 e. The number of amides is 1. The Morgan fingerprint density at radius 1 is 1.32 bits per heavy atom. The number of carbonyl (C=O) groups is 2. The van der Waals surface area contributed by atoms with Crippen LogP contribution in [0.2, 0.25) is 0 Å². The largest absolute Gasteiger partial charge is 0.481 e. The summed E-state index contributed by atoms with van der Waals surface area (Å²) in [6.45, 7) is 1.63. The monoisotopic (exact) mass is 286 g/mol. The summed E-state index contributed by atoms with van der Waals surface area (Å²) in [6, 6.07) is 0.519. The zero-order valence-corrected chi connectivity index (χ0v) is 12.2. The number of piperidine rings is 1. The third kappa shape index (κ3) is 3.86. The van der Waals surface area contributed by atoms with Crippen LogP contribution in [0, 0.1) is 5.92 Å². The van der Waals surface area contributed by atoms with Gasteiger partial charge in [0.05, 0.1) is 12.5 Å². The average Bonchev–Trinajstić information content (AvgIpc) is 2.92. The summed E-state index contributed by atoms with van der Waals surface area (Å²) >= 11 is 1.94. The zero-order chi connectivity index (χ0) is 13.8. The number of aliphatic carboxylic acids is 1. The first-order valence-electron chi connectivity index (χ1n) is 6.86. The van der Waals surface area contributed by atoms with Crippen LogP contribution >= 0.6 is 11.8 Å². The van der Waals surface area contributed by atoms with Crippen molar-refractivity contribution in [2.75, 3.05) is 38.2 Å². The molecule has 2 rings (SSSR count). The van der Waals surface area contributed by atoms with E-state index >= 15 is 0 Å². The predicted octanol–water partition coefficient (Wildman–Crippen LogP) is 0.747. The number of likely N-dealkylation sites (tertiary alicyclic amines) is 1. The van der Waals surface area contributed by atoms with Gasteiger partial charge in [0.15, 0.2) is 0 Å². The molecule has 0 aromatic carbocycles. The summed E-state index contributed by atoms with van der Waals surface area (Å²) in [6.07, 6.45) is 2.34. The molecule has 1 N–H and O–H groups in total. The third-order valence-electron chi connectivity index (χ3n) is 4.11. The van der Waals surface area contributed by atoms with E-state index in [0.717, 1.165) is 12.2 Å². The molecule has 108 valence electrons. The SMILES string of the molecule is CN(CC(=O)N1CCC(C(=O)O)CC1)C1CCSC1. The van der Waals surface area contributed by atoms with E-state index in [1.807, 2.05) is 23.7 Å². The molecule has 1 atom stereocenters. The molecule has 0 radical (unpaired) electrons. The molecular formula is C13H22N2O3S. The van der Waals surface area contributed by atoms with E-state index < -0.39 is 5.97 Å². The Hall–Kier alpha value is -0.750. The number of likely N-dealkylation sites (N-methyl/N-ethyl adjacent to an activating group) is 1. The Kier molecular flexibility index (Phi) is 5.10. The minimum absolute atomic E-state index is 0.142. The summed E-state index contributed by atoms with van der Waals surface area (Å²) < 4.78 is 0. The zero-order valence-electron chi connectivity index (χ0n) is 11.4. The first-order valence-corrected chi connectivity index (χ1v) is 8.02. The average molecular weight is 286 g/mol. The standard InChI is InChI=1S/C13H22N2O3S/c1-14(11-4-7-19-9-11)8-12(16)15-5-2-10(3-6-15)13(17)18/h10-11H,2-9H2,1H3,(H,17,18). The second kappa shape index (κ2) is 6.61. The minimum atomic E-state index is -0.729. The molecule has 2 fully saturated rings. The number of hydrogen-bond donors (Lipinski definition) is 1. The van der Waals surface area contributed by atoms with Crippen LogP contribution in [0.25, 0.3) is 0 Å². The van der Waals surface area contributed by atoms with E-state index in [-0.39, 0.29) is 11.8 Å². The number of hydrogen-bond acceptors (Lipinski definition) is 4. The fourth-order valence-corrected chi connectivity index (χ4v) is 3.99. The van der Waals surface area contributed by atoms with Gasteiger partial charge in [-0.2, -0.15) is 11.8 Å². The first-order chi connectivity index (χ1) is 9.08. The lowest BCUT2D eigenvalue weighted by molar-refractivity contribution is -0.146. The lowest BCUT2D eigenvalue weighted by Crippen LogP contribution is -2.46. The fraction of sp³-hybridized carbons (Fsp3) is 0.846. The molecule has 6 heteroatoms. The van der Waals surface area contributed by atoms with Crippen molar-refractivity contribution in [2.45, 2.75) is 25.3 Å². The van der Waals surface area contributed by atoms with Gasteiger partial charge < -0.3 is 10.0 Å². The van der Waals surface area contributed by atoms with Gasteiger partial charge in [0.2, 0.25) is 5.91 Å². The van der Waals surface area contributed by atoms with Gasteiger partial charge in [0.1, 0.15) is 0 Å². The number of carboxylic acids is 1. The van der Waals surface area contributed by atoms with Crippen LogP contribution in [-0.4, -0.2) is 71.0 Å². The van der Waals surface area contributed by atoms with E-state index in [9.17, 15) is 9.59 Å². The lowest BCUT2D eigenvalue weighted by atomic mass is 9.97. The molecule has 0 aliphatic carbocycles. The van der Waals surface area contributed by atoms with E-state index in [4.69, 9.17) is 5.11 Å². The summed E-state index contributed by atoms with van der Waals surface area (Å²) in [5.41, 5.74) is 0. The number of rotatable bonds is 4. The molecule has 0 saturated carbocycles. The van der Waals surface area contributed by atoms with Gasteiger partial charge >= 0.3 is 5.97 Å². The van der Waals surface area contributed by atoms with Gasteiger partial charge in [-0.1, -0.05) is 0 Å². The van der Waals surface area contributed by atoms with Crippen molar-refractivity contribution >= 4 is 23.6 Å². The van der Waals surface area contributed by atoms with Crippen molar-refractivity contribution in [1.82, 2.24) is 9.80 Å². The van der Waals surface area contributed by atoms with E-state index in [2.05, 4.69) is 4.90 Å². The maximum atomic E-state index is 12.2. The topological polar surface area (TPSA) is 60.9 Å². The van der Waals surface area contributed by atoms with E-state index in [1.54, 1.807) is 0 Å². The molecule has 0 spiro atoms. The van der Waals surface area contributed by atoms with Crippen molar-refractivity contribution in [2.24, 2.45) is 5.92 Å². The van der Waals surface area contributed by atoms with Crippen LogP contribution < -0.4 is 0 Å². The van der Waals surface area contributed by atoms with Crippen LogP contribution in [0.5, 0.6) is 0 Å². The predicted molar refractivity (Wildman–Crippen MR) is 75.3 cm³/mol. The van der Waals surface area contributed by atoms with Crippen LogP contribution in [0.3, 0.4) is 0 Å². The van der Waals surface area contributed by atoms with Crippen molar-refractivity contribution in [1.29, 1.82) is 0 Å². The molecule has 0 aromatic heterocycles. The number of carbonyl (C=O) groups excluding carboxylic acids is 1. The normalized spacial score (nSPS) is 24.9. The Labute approximate surface area is 118 Å². The molecule has 1 amide bonds. The number of carboxylic acid groups (broad SMARTS) is 1. The molecular weight excluding hydrogens is 264 g/mol. The van der Waals surface area contributed by atoms with Gasteiger partial charge in [-0.05, 0) is 32.1 Å². The maximum absolute atomic E-state index is 12.2. The van der Waals surface area contributed by atoms with Crippen molar-refractivity contribution in [3.8, 4) is 0 Å². The third-order valence-corrected chi connectivity index (χ3v) is 5.26. The summed E-state index contributed by atoms with van der Waals surface area (Å²) in [5, 5.41) is 8.94. The quantitative estimate of drug-likeness (QED) is 0.826. The van der Waals surface area contributed by atoms with Crippen LogP contribution in [-0.2, 0) is 9.59 Å². The Morgan fingerprint density at radius 2 is 2.00 bits per heavy atom. The molecule has 0 bridgehead atoms. The molecule has 5 nitrogen and oxygen atoms in total. The highest BCUT2D eigenvalue weighted by atomic mass is 32.2. The fourth-order valence-electron chi connectivity index (χ4n) is 2.69. The highest BCUT2D eigenvalue weighted by molar-refractivity contribution is 7.99. The number of thioether (sulfide) groups is 1. The Morgan fingerprint density at radius 3 is 2.53 bits per heavy atom. The molecule has 19 heavy (non-hydrogen) atoms. The summed E-state index contributed by atoms with van der Waals surface area (Å²) in [7, 11) is 2.01. The Bertz CT molecular complexity index is 337. The highest BCUT2D eigenvalue weighted by Crippen LogP contribution is 2.22. The van der Waals surface area contributed by atoms with Crippen LogP contribution in [0.15, 0.2) is 0 Å². The second-order valence-electron chi connectivity index (χ2n) is 5.43. The van der Waals surface area contributed by atoms with Crippen molar-refractivity contribution in [3.63, 3.8) is 0 Å². The maximum Gasteiger partial charge on any atom is 0.306 e.